The quantitative estimate of drug-likeness (QED) is 0.209. The van der Waals surface area contributed by atoms with Gasteiger partial charge in [0.2, 0.25) is 17.7 Å². The van der Waals surface area contributed by atoms with E-state index in [1.54, 1.807) is 42.9 Å². The van der Waals surface area contributed by atoms with Crippen LogP contribution in [0.1, 0.15) is 72.8 Å². The molecule has 3 N–H and O–H groups in total. The zero-order chi connectivity index (χ0) is 38.5. The number of nitrogens with one attached hydrogen (secondary N) is 2. The van der Waals surface area contributed by atoms with E-state index < -0.39 is 36.3 Å². The van der Waals surface area contributed by atoms with E-state index >= 15 is 0 Å². The van der Waals surface area contributed by atoms with Gasteiger partial charge in [0.25, 0.3) is 0 Å². The number of hydrogen-bond acceptors (Lipinski definition) is 8. The van der Waals surface area contributed by atoms with E-state index in [-0.39, 0.29) is 60.8 Å². The Hall–Kier alpha value is -3.26. The predicted molar refractivity (Wildman–Crippen MR) is 199 cm³/mol. The van der Waals surface area contributed by atoms with Gasteiger partial charge in [-0.3, -0.25) is 14.4 Å². The van der Waals surface area contributed by atoms with Crippen LogP contribution in [0.3, 0.4) is 0 Å². The first kappa shape index (κ1) is 43.1. The fraction of sp³-hybridized carbons (Fsp3) is 0.744. The van der Waals surface area contributed by atoms with Gasteiger partial charge in [-0.2, -0.15) is 0 Å². The van der Waals surface area contributed by atoms with Gasteiger partial charge >= 0.3 is 6.03 Å². The van der Waals surface area contributed by atoms with Crippen molar-refractivity contribution in [1.82, 2.24) is 25.3 Å². The number of likely N-dealkylation sites (tertiary alicyclic amines) is 1. The van der Waals surface area contributed by atoms with Crippen LogP contribution in [-0.4, -0.2) is 140 Å². The summed E-state index contributed by atoms with van der Waals surface area (Å²) in [6.45, 7) is 13.3. The van der Waals surface area contributed by atoms with E-state index in [1.165, 1.54) is 0 Å². The molecule has 2 saturated heterocycles. The van der Waals surface area contributed by atoms with Crippen molar-refractivity contribution in [2.45, 2.75) is 116 Å². The number of urea groups is 1. The minimum Gasteiger partial charge on any atom is -0.394 e. The highest BCUT2D eigenvalue weighted by atomic mass is 16.5. The summed E-state index contributed by atoms with van der Waals surface area (Å²) >= 11 is 0. The van der Waals surface area contributed by atoms with Crippen molar-refractivity contribution < 1.29 is 38.5 Å². The van der Waals surface area contributed by atoms with Gasteiger partial charge in [0.1, 0.15) is 6.04 Å². The molecule has 1 aromatic carbocycles. The van der Waals surface area contributed by atoms with Gasteiger partial charge in [0.05, 0.1) is 62.0 Å². The van der Waals surface area contributed by atoms with Crippen LogP contribution in [0.5, 0.6) is 0 Å². The second kappa shape index (κ2) is 20.8. The number of methoxy groups -OCH3 is 2. The summed E-state index contributed by atoms with van der Waals surface area (Å²) in [7, 11) is 4.85. The molecule has 294 valence electrons. The zero-order valence-corrected chi connectivity index (χ0v) is 32.9. The molecule has 0 aliphatic carbocycles. The van der Waals surface area contributed by atoms with Gasteiger partial charge in [-0.1, -0.05) is 71.4 Å². The van der Waals surface area contributed by atoms with Crippen molar-refractivity contribution in [3.05, 3.63) is 35.9 Å². The Morgan fingerprint density at radius 2 is 1.73 bits per heavy atom. The number of amides is 5. The molecule has 1 aromatic rings. The molecule has 0 saturated carbocycles. The van der Waals surface area contributed by atoms with E-state index in [1.807, 2.05) is 65.0 Å². The summed E-state index contributed by atoms with van der Waals surface area (Å²) in [5.41, 5.74) is 1.01. The summed E-state index contributed by atoms with van der Waals surface area (Å²) in [6.07, 6.45) is 1.44. The molecule has 5 amide bonds. The molecule has 13 heteroatoms. The molecule has 2 heterocycles. The third-order valence-electron chi connectivity index (χ3n) is 10.9. The molecule has 0 radical (unpaired) electrons. The summed E-state index contributed by atoms with van der Waals surface area (Å²) in [5.74, 6) is -1.41. The number of rotatable bonds is 18. The number of aliphatic hydroxyl groups excluding tert-OH is 1. The summed E-state index contributed by atoms with van der Waals surface area (Å²) in [5, 5.41) is 16.0. The monoisotopic (exact) mass is 731 g/mol. The molecular weight excluding hydrogens is 666 g/mol. The SMILES string of the molecule is CC[C@H](C)[C@@H]([C@@H](CC(=O)N1CCCC1[C@H](OC)[C@@H](C)C(=O)NC(CO)Cc1ccccc1)OC)N(C)C(=O)C(NC(=O)N1CCOC(C)C1)C(C)C. The number of hydrogen-bond donors (Lipinski definition) is 3. The number of nitrogens with zero attached hydrogens (tertiary/aromatic N) is 3. The maximum Gasteiger partial charge on any atom is 0.318 e. The standard InChI is InChI=1S/C39H65N5O8/c1-10-26(4)35(42(7)38(48)34(25(2)3)41-39(49)43-19-20-52-27(5)23-43)32(50-8)22-33(46)44-18-14-17-31(44)36(51-9)28(6)37(47)40-30(24-45)21-29-15-12-11-13-16-29/h11-13,15-16,25-28,30-32,34-36,45H,10,14,17-24H2,1-9H3,(H,40,47)(H,41,49)/t26-,27?,28+,30?,31?,32+,34?,35-,36+/m0/s1. The molecule has 0 aromatic heterocycles. The lowest BCUT2D eigenvalue weighted by Crippen LogP contribution is -2.60. The zero-order valence-electron chi connectivity index (χ0n) is 32.9. The molecule has 52 heavy (non-hydrogen) atoms. The molecule has 2 fully saturated rings. The van der Waals surface area contributed by atoms with Gasteiger partial charge in [0.15, 0.2) is 0 Å². The van der Waals surface area contributed by atoms with Gasteiger partial charge in [-0.15, -0.1) is 0 Å². The maximum absolute atomic E-state index is 14.2. The Morgan fingerprint density at radius 3 is 2.31 bits per heavy atom. The van der Waals surface area contributed by atoms with E-state index in [2.05, 4.69) is 10.6 Å². The van der Waals surface area contributed by atoms with Crippen molar-refractivity contribution >= 4 is 23.8 Å². The van der Waals surface area contributed by atoms with Crippen molar-refractivity contribution in [2.75, 3.05) is 54.1 Å². The average molecular weight is 732 g/mol. The lowest BCUT2D eigenvalue weighted by atomic mass is 9.89. The smallest absolute Gasteiger partial charge is 0.318 e. The highest BCUT2D eigenvalue weighted by Gasteiger charge is 2.43. The van der Waals surface area contributed by atoms with E-state index in [9.17, 15) is 24.3 Å². The molecule has 4 unspecified atom stereocenters. The number of morpholine rings is 1. The second-order valence-electron chi connectivity index (χ2n) is 15.0. The molecule has 2 aliphatic rings. The van der Waals surface area contributed by atoms with Crippen LogP contribution in [0.4, 0.5) is 4.79 Å². The van der Waals surface area contributed by atoms with Crippen molar-refractivity contribution in [3.8, 4) is 0 Å². The Morgan fingerprint density at radius 1 is 1.04 bits per heavy atom. The van der Waals surface area contributed by atoms with Crippen LogP contribution >= 0.6 is 0 Å². The van der Waals surface area contributed by atoms with E-state index in [0.717, 1.165) is 18.4 Å². The third kappa shape index (κ3) is 11.4. The second-order valence-corrected chi connectivity index (χ2v) is 15.0. The predicted octanol–water partition coefficient (Wildman–Crippen LogP) is 3.08. The van der Waals surface area contributed by atoms with Crippen LogP contribution in [0.2, 0.25) is 0 Å². The van der Waals surface area contributed by atoms with Gasteiger partial charge < -0.3 is 44.7 Å². The fourth-order valence-corrected chi connectivity index (χ4v) is 7.66. The molecule has 0 bridgehead atoms. The molecule has 3 rings (SSSR count). The highest BCUT2D eigenvalue weighted by Crippen LogP contribution is 2.30. The van der Waals surface area contributed by atoms with Gasteiger partial charge in [0, 0.05) is 40.9 Å². The average Bonchev–Trinajstić information content (AvgIpc) is 3.62. The molecule has 13 nitrogen and oxygen atoms in total. The van der Waals surface area contributed by atoms with E-state index in [0.29, 0.717) is 39.1 Å². The van der Waals surface area contributed by atoms with Crippen LogP contribution in [0.15, 0.2) is 30.3 Å². The maximum atomic E-state index is 14.2. The first-order chi connectivity index (χ1) is 24.8. The van der Waals surface area contributed by atoms with Crippen LogP contribution in [0, 0.1) is 17.8 Å². The summed E-state index contributed by atoms with van der Waals surface area (Å²) < 4.78 is 17.5. The lowest BCUT2D eigenvalue weighted by Gasteiger charge is -2.41. The minimum atomic E-state index is -0.772. The number of carbonyl (C=O) groups excluding carboxylic acids is 4. The van der Waals surface area contributed by atoms with Crippen LogP contribution in [-0.2, 0) is 35.0 Å². The first-order valence-corrected chi connectivity index (χ1v) is 19.0. The molecule has 9 atom stereocenters. The normalized spacial score (nSPS) is 21.8. The minimum absolute atomic E-state index is 0.0181. The van der Waals surface area contributed by atoms with Crippen LogP contribution < -0.4 is 10.6 Å². The largest absolute Gasteiger partial charge is 0.394 e. The first-order valence-electron chi connectivity index (χ1n) is 19.0. The number of carbonyl (C=O) groups is 4. The third-order valence-corrected chi connectivity index (χ3v) is 10.9. The van der Waals surface area contributed by atoms with Crippen molar-refractivity contribution in [3.63, 3.8) is 0 Å². The molecule has 2 aliphatic heterocycles. The summed E-state index contributed by atoms with van der Waals surface area (Å²) in [6, 6.07) is 7.38. The molecular formula is C39H65N5O8. The number of likely N-dealkylation sites (N-methyl/N-ethyl adjacent to an activating group) is 1. The number of aliphatic hydroxyl groups is 1. The Bertz CT molecular complexity index is 1280. The van der Waals surface area contributed by atoms with Crippen molar-refractivity contribution in [1.29, 1.82) is 0 Å². The van der Waals surface area contributed by atoms with Crippen molar-refractivity contribution in [2.24, 2.45) is 17.8 Å². The number of benzene rings is 1. The Labute approximate surface area is 311 Å². The van der Waals surface area contributed by atoms with E-state index in [4.69, 9.17) is 14.2 Å². The highest BCUT2D eigenvalue weighted by molar-refractivity contribution is 5.87. The van der Waals surface area contributed by atoms with Crippen LogP contribution in [0.25, 0.3) is 0 Å². The summed E-state index contributed by atoms with van der Waals surface area (Å²) in [4.78, 5) is 60.1. The topological polar surface area (TPSA) is 150 Å². The Kier molecular flexibility index (Phi) is 17.3. The number of ether oxygens (including phenoxy) is 3. The lowest BCUT2D eigenvalue weighted by molar-refractivity contribution is -0.147. The van der Waals surface area contributed by atoms with Gasteiger partial charge in [-0.05, 0) is 43.6 Å². The molecule has 0 spiro atoms. The van der Waals surface area contributed by atoms with Gasteiger partial charge in [-0.25, -0.2) is 4.79 Å². The Balaban J connectivity index is 1.73. The fourth-order valence-electron chi connectivity index (χ4n) is 7.66.